The first kappa shape index (κ1) is 32.4. The van der Waals surface area contributed by atoms with Gasteiger partial charge in [0.25, 0.3) is 0 Å². The van der Waals surface area contributed by atoms with Gasteiger partial charge in [-0.05, 0) is 69.1 Å². The second-order valence-electron chi connectivity index (χ2n) is 14.8. The summed E-state index contributed by atoms with van der Waals surface area (Å²) in [5, 5.41) is 8.90. The summed E-state index contributed by atoms with van der Waals surface area (Å²) in [6.45, 7) is 0. The van der Waals surface area contributed by atoms with Crippen molar-refractivity contribution in [2.75, 3.05) is 0 Å². The molecule has 0 saturated heterocycles. The van der Waals surface area contributed by atoms with Crippen LogP contribution in [0, 0.1) is 0 Å². The van der Waals surface area contributed by atoms with Gasteiger partial charge >= 0.3 is 0 Å². The van der Waals surface area contributed by atoms with E-state index in [1.807, 2.05) is 18.2 Å². The van der Waals surface area contributed by atoms with Crippen molar-refractivity contribution in [1.82, 2.24) is 19.5 Å². The van der Waals surface area contributed by atoms with Crippen LogP contribution in [0.2, 0.25) is 0 Å². The molecule has 3 aromatic heterocycles. The van der Waals surface area contributed by atoms with Crippen LogP contribution in [0.15, 0.2) is 199 Å². The monoisotopic (exact) mass is 740 g/mol. The molecular formula is C53H32N4O. The Morgan fingerprint density at radius 1 is 0.362 bits per heavy atom. The minimum Gasteiger partial charge on any atom is -0.456 e. The van der Waals surface area contributed by atoms with Gasteiger partial charge in [-0.25, -0.2) is 15.0 Å². The summed E-state index contributed by atoms with van der Waals surface area (Å²) in [5.41, 5.74) is 9.75. The van der Waals surface area contributed by atoms with E-state index in [0.29, 0.717) is 17.5 Å². The lowest BCUT2D eigenvalue weighted by Crippen LogP contribution is -2.04. The summed E-state index contributed by atoms with van der Waals surface area (Å²) in [6.07, 6.45) is 0. The number of hydrogen-bond donors (Lipinski definition) is 0. The van der Waals surface area contributed by atoms with Gasteiger partial charge in [-0.1, -0.05) is 158 Å². The van der Waals surface area contributed by atoms with E-state index in [4.69, 9.17) is 19.4 Å². The number of rotatable bonds is 5. The fraction of sp³-hybridized carbons (Fsp3) is 0. The molecule has 0 aliphatic heterocycles. The Kier molecular flexibility index (Phi) is 7.16. The third-order valence-electron chi connectivity index (χ3n) is 11.4. The highest BCUT2D eigenvalue weighted by molar-refractivity contribution is 6.17. The van der Waals surface area contributed by atoms with Crippen LogP contribution in [0.4, 0.5) is 0 Å². The number of fused-ring (bicyclic) bond motifs is 8. The maximum absolute atomic E-state index is 6.58. The van der Waals surface area contributed by atoms with Crippen LogP contribution in [-0.2, 0) is 0 Å². The zero-order valence-corrected chi connectivity index (χ0v) is 31.2. The summed E-state index contributed by atoms with van der Waals surface area (Å²) in [6, 6.07) is 68.0. The van der Waals surface area contributed by atoms with Gasteiger partial charge < -0.3 is 8.98 Å². The van der Waals surface area contributed by atoms with Crippen molar-refractivity contribution in [2.45, 2.75) is 0 Å². The molecule has 9 aromatic carbocycles. The van der Waals surface area contributed by atoms with Crippen LogP contribution in [-0.4, -0.2) is 19.5 Å². The fourth-order valence-electron chi connectivity index (χ4n) is 8.73. The molecule has 3 heterocycles. The minimum atomic E-state index is 0.568. The summed E-state index contributed by atoms with van der Waals surface area (Å²) in [7, 11) is 0. The van der Waals surface area contributed by atoms with Gasteiger partial charge in [0.1, 0.15) is 11.2 Å². The molecule has 0 aliphatic carbocycles. The van der Waals surface area contributed by atoms with Gasteiger partial charge in [-0.3, -0.25) is 0 Å². The molecule has 0 fully saturated rings. The topological polar surface area (TPSA) is 56.7 Å². The molecule has 0 N–H and O–H groups in total. The van der Waals surface area contributed by atoms with Crippen molar-refractivity contribution in [3.05, 3.63) is 194 Å². The van der Waals surface area contributed by atoms with E-state index in [9.17, 15) is 0 Å². The third-order valence-corrected chi connectivity index (χ3v) is 11.4. The molecule has 58 heavy (non-hydrogen) atoms. The van der Waals surface area contributed by atoms with E-state index in [1.165, 1.54) is 21.5 Å². The van der Waals surface area contributed by atoms with Crippen molar-refractivity contribution in [3.8, 4) is 51.0 Å². The lowest BCUT2D eigenvalue weighted by molar-refractivity contribution is 0.669. The highest BCUT2D eigenvalue weighted by Crippen LogP contribution is 2.44. The van der Waals surface area contributed by atoms with Crippen molar-refractivity contribution in [2.24, 2.45) is 0 Å². The SMILES string of the molecule is c1ccc(-c2ccc(-c3nc(-c4cccc5ccccc45)nc(-c4c(-n5c6ccccc6c6cc7ccccc7cc65)ccc5oc6ccccc6c45)n3)cc2)cc1. The second-order valence-corrected chi connectivity index (χ2v) is 14.8. The molecule has 0 saturated carbocycles. The van der Waals surface area contributed by atoms with Crippen LogP contribution in [0.1, 0.15) is 0 Å². The van der Waals surface area contributed by atoms with E-state index < -0.39 is 0 Å². The molecule has 0 aliphatic rings. The number of aromatic nitrogens is 4. The smallest absolute Gasteiger partial charge is 0.166 e. The van der Waals surface area contributed by atoms with Gasteiger partial charge in [-0.2, -0.15) is 0 Å². The average molecular weight is 741 g/mol. The molecule has 0 bridgehead atoms. The number of para-hydroxylation sites is 2. The third kappa shape index (κ3) is 5.07. The summed E-state index contributed by atoms with van der Waals surface area (Å²) >= 11 is 0. The number of furan rings is 1. The molecule has 5 heteroatoms. The first-order valence-corrected chi connectivity index (χ1v) is 19.5. The first-order valence-electron chi connectivity index (χ1n) is 19.5. The lowest BCUT2D eigenvalue weighted by atomic mass is 10.0. The Labute approximate surface area is 333 Å². The molecule has 0 atom stereocenters. The van der Waals surface area contributed by atoms with Gasteiger partial charge in [0.05, 0.1) is 22.3 Å². The predicted octanol–water partition coefficient (Wildman–Crippen LogP) is 13.8. The molecule has 0 amide bonds. The van der Waals surface area contributed by atoms with Crippen molar-refractivity contribution in [3.63, 3.8) is 0 Å². The molecule has 12 aromatic rings. The number of benzene rings is 9. The van der Waals surface area contributed by atoms with Crippen molar-refractivity contribution < 1.29 is 4.42 Å². The summed E-state index contributed by atoms with van der Waals surface area (Å²) in [4.78, 5) is 16.1. The molecule has 0 spiro atoms. The Hall–Kier alpha value is -7.89. The Bertz CT molecular complexity index is 3560. The Morgan fingerprint density at radius 2 is 0.983 bits per heavy atom. The summed E-state index contributed by atoms with van der Waals surface area (Å²) < 4.78 is 8.96. The first-order chi connectivity index (χ1) is 28.7. The molecule has 0 unspecified atom stereocenters. The second kappa shape index (κ2) is 12.8. The fourth-order valence-corrected chi connectivity index (χ4v) is 8.73. The average Bonchev–Trinajstić information content (AvgIpc) is 3.83. The van der Waals surface area contributed by atoms with Gasteiger partial charge in [0.2, 0.25) is 0 Å². The maximum atomic E-state index is 6.58. The van der Waals surface area contributed by atoms with Gasteiger partial charge in [-0.15, -0.1) is 0 Å². The molecule has 12 rings (SSSR count). The van der Waals surface area contributed by atoms with Crippen molar-refractivity contribution >= 4 is 65.3 Å². The zero-order chi connectivity index (χ0) is 38.2. The maximum Gasteiger partial charge on any atom is 0.166 e. The highest BCUT2D eigenvalue weighted by Gasteiger charge is 2.25. The molecule has 270 valence electrons. The van der Waals surface area contributed by atoms with E-state index in [-0.39, 0.29) is 0 Å². The van der Waals surface area contributed by atoms with Crippen LogP contribution in [0.25, 0.3) is 116 Å². The van der Waals surface area contributed by atoms with Crippen LogP contribution in [0.5, 0.6) is 0 Å². The predicted molar refractivity (Wildman–Crippen MR) is 238 cm³/mol. The molecular weight excluding hydrogens is 709 g/mol. The van der Waals surface area contributed by atoms with Gasteiger partial charge in [0, 0.05) is 32.7 Å². The van der Waals surface area contributed by atoms with E-state index in [0.717, 1.165) is 77.2 Å². The standard InChI is InChI=1S/C53H32N4O/c1-2-13-33(14-3-1)34-25-27-36(28-26-34)51-54-52(41-22-12-18-35-15-6-7-19-39(35)41)56-53(55-51)50-45(29-30-48-49(50)42-21-9-11-24-47(42)58-48)57-44-23-10-8-20-40(44)43-31-37-16-4-5-17-38(37)32-46(43)57/h1-32H. The Balaban J connectivity index is 1.20. The van der Waals surface area contributed by atoms with Gasteiger partial charge in [0.15, 0.2) is 17.5 Å². The van der Waals surface area contributed by atoms with E-state index >= 15 is 0 Å². The Morgan fingerprint density at radius 3 is 1.83 bits per heavy atom. The van der Waals surface area contributed by atoms with E-state index in [1.54, 1.807) is 0 Å². The number of hydrogen-bond acceptors (Lipinski definition) is 4. The van der Waals surface area contributed by atoms with Crippen LogP contribution >= 0.6 is 0 Å². The van der Waals surface area contributed by atoms with Crippen molar-refractivity contribution in [1.29, 1.82) is 0 Å². The molecule has 5 nitrogen and oxygen atoms in total. The lowest BCUT2D eigenvalue weighted by Gasteiger charge is -2.16. The minimum absolute atomic E-state index is 0.568. The normalized spacial score (nSPS) is 11.8. The van der Waals surface area contributed by atoms with Crippen LogP contribution in [0.3, 0.4) is 0 Å². The largest absolute Gasteiger partial charge is 0.456 e. The quantitative estimate of drug-likeness (QED) is 0.176. The van der Waals surface area contributed by atoms with Crippen LogP contribution < -0.4 is 0 Å². The zero-order valence-electron chi connectivity index (χ0n) is 31.2. The highest BCUT2D eigenvalue weighted by atomic mass is 16.3. The summed E-state index contributed by atoms with van der Waals surface area (Å²) in [5.74, 6) is 1.77. The molecule has 0 radical (unpaired) electrons. The number of nitrogens with zero attached hydrogens (tertiary/aromatic N) is 4. The van der Waals surface area contributed by atoms with E-state index in [2.05, 4.69) is 180 Å².